The van der Waals surface area contributed by atoms with Gasteiger partial charge in [-0.3, -0.25) is 9.59 Å². The fraction of sp³-hybridized carbons (Fsp3) is 0.440. The van der Waals surface area contributed by atoms with Crippen LogP contribution in [0.4, 0.5) is 5.69 Å². The van der Waals surface area contributed by atoms with Gasteiger partial charge in [0.2, 0.25) is 0 Å². The number of hydrogen-bond donors (Lipinski definition) is 4. The van der Waals surface area contributed by atoms with Gasteiger partial charge in [-0.15, -0.1) is 0 Å². The zero-order chi connectivity index (χ0) is 21.8. The number of nitrogens with one attached hydrogen (secondary N) is 4. The predicted molar refractivity (Wildman–Crippen MR) is 121 cm³/mol. The van der Waals surface area contributed by atoms with Crippen molar-refractivity contribution in [2.45, 2.75) is 38.8 Å². The minimum absolute atomic E-state index is 0.0322. The lowest BCUT2D eigenvalue weighted by Crippen LogP contribution is -3.28. The van der Waals surface area contributed by atoms with E-state index in [1.807, 2.05) is 56.3 Å². The molecule has 0 spiro atoms. The number of hydrogen-bond acceptors (Lipinski definition) is 2. The maximum absolute atomic E-state index is 13.5. The first kappa shape index (κ1) is 21.5. The van der Waals surface area contributed by atoms with E-state index in [1.54, 1.807) is 0 Å². The number of quaternary nitrogens is 2. The Morgan fingerprint density at radius 1 is 1.00 bits per heavy atom. The molecule has 6 heteroatoms. The minimum Gasteiger partial charge on any atom is -0.348 e. The van der Waals surface area contributed by atoms with Crippen LogP contribution in [0.5, 0.6) is 0 Å². The molecule has 4 rings (SSSR count). The molecular formula is C25H34N4O2+2. The molecule has 2 aromatic rings. The normalized spacial score (nSPS) is 21.9. The summed E-state index contributed by atoms with van der Waals surface area (Å²) in [5.74, 6) is 0.193. The molecule has 0 radical (unpaired) electrons. The van der Waals surface area contributed by atoms with Crippen LogP contribution in [0.25, 0.3) is 0 Å². The van der Waals surface area contributed by atoms with Crippen molar-refractivity contribution in [2.24, 2.45) is 0 Å². The van der Waals surface area contributed by atoms with E-state index >= 15 is 0 Å². The quantitative estimate of drug-likeness (QED) is 0.509. The van der Waals surface area contributed by atoms with E-state index in [0.29, 0.717) is 12.6 Å². The van der Waals surface area contributed by atoms with Crippen molar-refractivity contribution in [3.8, 4) is 0 Å². The van der Waals surface area contributed by atoms with Crippen LogP contribution in [-0.4, -0.2) is 50.6 Å². The van der Waals surface area contributed by atoms with Crippen molar-refractivity contribution in [1.82, 2.24) is 5.32 Å². The molecular weight excluding hydrogens is 388 g/mol. The molecule has 0 unspecified atom stereocenters. The average Bonchev–Trinajstić information content (AvgIpc) is 3.57. The van der Waals surface area contributed by atoms with Crippen LogP contribution in [0.3, 0.4) is 0 Å². The second kappa shape index (κ2) is 9.62. The lowest BCUT2D eigenvalue weighted by Gasteiger charge is -2.34. The molecule has 1 aliphatic heterocycles. The summed E-state index contributed by atoms with van der Waals surface area (Å²) in [6.07, 6.45) is 2.24. The van der Waals surface area contributed by atoms with Crippen LogP contribution >= 0.6 is 0 Å². The second-order valence-electron chi connectivity index (χ2n) is 9.08. The first-order chi connectivity index (χ1) is 15.0. The summed E-state index contributed by atoms with van der Waals surface area (Å²) in [6.45, 7) is 8.12. The maximum atomic E-state index is 13.5. The first-order valence-electron chi connectivity index (χ1n) is 11.4. The van der Waals surface area contributed by atoms with Crippen molar-refractivity contribution < 1.29 is 19.4 Å². The van der Waals surface area contributed by atoms with Gasteiger partial charge in [-0.2, -0.15) is 0 Å². The summed E-state index contributed by atoms with van der Waals surface area (Å²) in [5, 5.41) is 6.27. The molecule has 2 amide bonds. The number of aryl methyl sites for hydroxylation is 2. The molecule has 0 aromatic heterocycles. The zero-order valence-corrected chi connectivity index (χ0v) is 18.5. The number of amides is 2. The Hall–Kier alpha value is -2.70. The van der Waals surface area contributed by atoms with Gasteiger partial charge in [-0.25, -0.2) is 0 Å². The Balaban J connectivity index is 1.44. The Labute approximate surface area is 184 Å². The van der Waals surface area contributed by atoms with Crippen LogP contribution in [-0.2, 0) is 9.59 Å². The Bertz CT molecular complexity index is 918. The maximum Gasteiger partial charge on any atom is 0.287 e. The third-order valence-electron chi connectivity index (χ3n) is 6.41. The predicted octanol–water partition coefficient (Wildman–Crippen LogP) is 0.0452. The third kappa shape index (κ3) is 5.71. The van der Waals surface area contributed by atoms with Crippen molar-refractivity contribution in [1.29, 1.82) is 0 Å². The number of rotatable bonds is 7. The highest BCUT2D eigenvalue weighted by Gasteiger charge is 2.36. The largest absolute Gasteiger partial charge is 0.348 e. The molecule has 1 atom stereocenters. The molecule has 2 aromatic carbocycles. The lowest BCUT2D eigenvalue weighted by atomic mass is 10.0. The van der Waals surface area contributed by atoms with E-state index in [1.165, 1.54) is 9.80 Å². The number of piperazine rings is 1. The Kier molecular flexibility index (Phi) is 6.68. The highest BCUT2D eigenvalue weighted by Crippen LogP contribution is 2.19. The molecule has 1 saturated carbocycles. The SMILES string of the molecule is Cc1ccc(C)c(NC(=O)[C@@H](c2ccccc2)[NH+]2CC[NH+](CC(=O)NC3CC3)CC2)c1. The van der Waals surface area contributed by atoms with Crippen LogP contribution in [0.15, 0.2) is 48.5 Å². The van der Waals surface area contributed by atoms with Gasteiger partial charge in [0.05, 0.1) is 0 Å². The van der Waals surface area contributed by atoms with Gasteiger partial charge in [0.25, 0.3) is 11.8 Å². The van der Waals surface area contributed by atoms with Gasteiger partial charge in [0, 0.05) is 17.3 Å². The monoisotopic (exact) mass is 422 g/mol. The van der Waals surface area contributed by atoms with Crippen molar-refractivity contribution >= 4 is 17.5 Å². The molecule has 0 bridgehead atoms. The molecule has 2 aliphatic rings. The second-order valence-corrected chi connectivity index (χ2v) is 9.08. The van der Waals surface area contributed by atoms with Gasteiger partial charge >= 0.3 is 0 Å². The van der Waals surface area contributed by atoms with Gasteiger partial charge in [0.1, 0.15) is 26.2 Å². The molecule has 1 saturated heterocycles. The average molecular weight is 423 g/mol. The van der Waals surface area contributed by atoms with E-state index in [0.717, 1.165) is 61.4 Å². The van der Waals surface area contributed by atoms with E-state index < -0.39 is 0 Å². The fourth-order valence-corrected chi connectivity index (χ4v) is 4.42. The summed E-state index contributed by atoms with van der Waals surface area (Å²) in [4.78, 5) is 28.2. The van der Waals surface area contributed by atoms with E-state index in [9.17, 15) is 9.59 Å². The molecule has 164 valence electrons. The topological polar surface area (TPSA) is 67.1 Å². The van der Waals surface area contributed by atoms with Crippen molar-refractivity contribution in [3.05, 3.63) is 65.2 Å². The highest BCUT2D eigenvalue weighted by atomic mass is 16.2. The molecule has 4 N–H and O–H groups in total. The standard InChI is InChI=1S/C25H32N4O2/c1-18-8-9-19(2)22(16-18)27-25(31)24(20-6-4-3-5-7-20)29-14-12-28(13-15-29)17-23(30)26-21-10-11-21/h3-9,16,21,24H,10-15,17H2,1-2H3,(H,26,30)(H,27,31)/p+2/t24-/m1/s1. The smallest absolute Gasteiger partial charge is 0.287 e. The van der Waals surface area contributed by atoms with E-state index in [-0.39, 0.29) is 17.9 Å². The van der Waals surface area contributed by atoms with Crippen molar-refractivity contribution in [2.75, 3.05) is 38.0 Å². The summed E-state index contributed by atoms with van der Waals surface area (Å²) in [7, 11) is 0. The zero-order valence-electron chi connectivity index (χ0n) is 18.5. The summed E-state index contributed by atoms with van der Waals surface area (Å²) >= 11 is 0. The van der Waals surface area contributed by atoms with Gasteiger partial charge in [-0.1, -0.05) is 42.5 Å². The molecule has 2 fully saturated rings. The molecule has 1 heterocycles. The molecule has 6 nitrogen and oxygen atoms in total. The third-order valence-corrected chi connectivity index (χ3v) is 6.41. The van der Waals surface area contributed by atoms with Crippen LogP contribution < -0.4 is 20.4 Å². The first-order valence-corrected chi connectivity index (χ1v) is 11.4. The molecule has 31 heavy (non-hydrogen) atoms. The number of benzene rings is 2. The Morgan fingerprint density at radius 3 is 2.39 bits per heavy atom. The summed E-state index contributed by atoms with van der Waals surface area (Å²) in [5.41, 5.74) is 4.12. The van der Waals surface area contributed by atoms with E-state index in [4.69, 9.17) is 0 Å². The number of anilines is 1. The van der Waals surface area contributed by atoms with Crippen LogP contribution in [0.1, 0.15) is 35.6 Å². The highest BCUT2D eigenvalue weighted by molar-refractivity contribution is 5.95. The van der Waals surface area contributed by atoms with Gasteiger partial charge in [0.15, 0.2) is 12.6 Å². The van der Waals surface area contributed by atoms with Crippen LogP contribution in [0, 0.1) is 13.8 Å². The molecule has 1 aliphatic carbocycles. The minimum atomic E-state index is -0.261. The van der Waals surface area contributed by atoms with Crippen molar-refractivity contribution in [3.63, 3.8) is 0 Å². The Morgan fingerprint density at radius 2 is 1.71 bits per heavy atom. The lowest BCUT2D eigenvalue weighted by molar-refractivity contribution is -1.02. The van der Waals surface area contributed by atoms with Crippen LogP contribution in [0.2, 0.25) is 0 Å². The summed E-state index contributed by atoms with van der Waals surface area (Å²) in [6, 6.07) is 16.4. The number of carbonyl (C=O) groups excluding carboxylic acids is 2. The number of carbonyl (C=O) groups is 2. The fourth-order valence-electron chi connectivity index (χ4n) is 4.42. The van der Waals surface area contributed by atoms with Gasteiger partial charge < -0.3 is 20.4 Å². The van der Waals surface area contributed by atoms with E-state index in [2.05, 4.69) is 16.7 Å². The summed E-state index contributed by atoms with van der Waals surface area (Å²) < 4.78 is 0. The van der Waals surface area contributed by atoms with Gasteiger partial charge in [-0.05, 0) is 43.9 Å².